The van der Waals surface area contributed by atoms with Gasteiger partial charge in [-0.15, -0.1) is 10.2 Å². The maximum Gasteiger partial charge on any atom is 0.134 e. The van der Waals surface area contributed by atoms with Gasteiger partial charge in [0, 0.05) is 44.3 Å². The van der Waals surface area contributed by atoms with Crippen LogP contribution >= 0.6 is 0 Å². The molecular weight excluding hydrogens is 1010 g/mol. The molecule has 0 amide bonds. The van der Waals surface area contributed by atoms with Crippen LogP contribution in [-0.4, -0.2) is 49.9 Å². The molecule has 0 radical (unpaired) electrons. The molecule has 0 spiro atoms. The molecule has 2 N–H and O–H groups in total. The molecule has 5 aromatic heterocycles. The Kier molecular flexibility index (Phi) is 13.6. The summed E-state index contributed by atoms with van der Waals surface area (Å²) in [4.78, 5) is 19.1. The lowest BCUT2D eigenvalue weighted by Gasteiger charge is -2.13. The van der Waals surface area contributed by atoms with Crippen molar-refractivity contribution in [3.05, 3.63) is 249 Å². The normalized spacial score (nSPS) is 11.9. The first-order valence-electron chi connectivity index (χ1n) is 27.7. The lowest BCUT2D eigenvalue weighted by molar-refractivity contribution is 0.301. The van der Waals surface area contributed by atoms with Gasteiger partial charge in [-0.3, -0.25) is 0 Å². The molecule has 6 aromatic carbocycles. The minimum Gasteiger partial charge on any atom is -0.487 e. The van der Waals surface area contributed by atoms with Gasteiger partial charge >= 0.3 is 0 Å². The molecule has 0 unspecified atom stereocenters. The third kappa shape index (κ3) is 10.5. The van der Waals surface area contributed by atoms with Crippen LogP contribution in [0.3, 0.4) is 0 Å². The lowest BCUT2D eigenvalue weighted by Crippen LogP contribution is -2.00. The molecule has 0 atom stereocenters. The van der Waals surface area contributed by atoms with Crippen molar-refractivity contribution in [2.75, 3.05) is 0 Å². The van der Waals surface area contributed by atoms with Crippen LogP contribution in [0, 0.1) is 41.5 Å². The highest BCUT2D eigenvalue weighted by atomic mass is 16.5. The molecule has 0 aliphatic carbocycles. The average molecular weight is 1070 g/mol. The predicted molar refractivity (Wildman–Crippen MR) is 329 cm³/mol. The number of H-pyrrole nitrogens is 2. The molecule has 0 saturated carbocycles. The zero-order chi connectivity index (χ0) is 55.8. The van der Waals surface area contributed by atoms with Crippen molar-refractivity contribution >= 4 is 46.4 Å². The van der Waals surface area contributed by atoms with Crippen LogP contribution in [0.2, 0.25) is 0 Å². The first kappa shape index (κ1) is 51.3. The van der Waals surface area contributed by atoms with E-state index < -0.39 is 0 Å². The monoisotopic (exact) mass is 1070 g/mol. The Balaban J connectivity index is 0.954. The molecule has 82 heavy (non-hydrogen) atoms. The van der Waals surface area contributed by atoms with Gasteiger partial charge < -0.3 is 19.4 Å². The number of nitrogens with zero attached hydrogens (tertiary/aromatic N) is 8. The summed E-state index contributed by atoms with van der Waals surface area (Å²) >= 11 is 0. The smallest absolute Gasteiger partial charge is 0.134 e. The van der Waals surface area contributed by atoms with Gasteiger partial charge in [0.2, 0.25) is 0 Å². The third-order valence-electron chi connectivity index (χ3n) is 15.2. The minimum atomic E-state index is 0.284. The molecule has 7 heterocycles. The van der Waals surface area contributed by atoms with E-state index in [9.17, 15) is 0 Å². The number of nitrogens with one attached hydrogen (secondary N) is 2. The number of fused-ring (bicyclic) bond motifs is 8. The van der Waals surface area contributed by atoms with Gasteiger partial charge in [0.15, 0.2) is 0 Å². The molecule has 2 aliphatic rings. The number of aryl methyl sites for hydroxylation is 6. The number of hydrogen-bond donors (Lipinski definition) is 2. The zero-order valence-electron chi connectivity index (χ0n) is 46.7. The van der Waals surface area contributed by atoms with E-state index in [2.05, 4.69) is 194 Å². The number of aromatic amines is 2. The van der Waals surface area contributed by atoms with Gasteiger partial charge in [0.1, 0.15) is 36.1 Å². The molecular formula is C70H60N10O2. The number of aromatic nitrogens is 10. The van der Waals surface area contributed by atoms with E-state index in [1.807, 2.05) is 82.4 Å². The number of hydrogen-bond acceptors (Lipinski definition) is 8. The maximum atomic E-state index is 6.33. The SMILES string of the molecule is Cc1cc(C)c(-c2c3nc(c(-c4ccc(OCc5cn(Cc6ccccc6)nn5)cc4)c4ccc([nH]4)c(-c4c(C)cc(C)cc4C)c4nc(c(-c5ccc(OCc6cn(Cc7ccccc7)nn6)cc5)c5ccc2[nH]5)C=C4)C=C3)c(C)c1. The maximum absolute atomic E-state index is 6.33. The topological polar surface area (TPSA) is 137 Å². The summed E-state index contributed by atoms with van der Waals surface area (Å²) in [6.07, 6.45) is 12.5. The van der Waals surface area contributed by atoms with Crippen molar-refractivity contribution in [3.63, 3.8) is 0 Å². The second kappa shape index (κ2) is 21.8. The van der Waals surface area contributed by atoms with Crippen LogP contribution in [-0.2, 0) is 26.3 Å². The Morgan fingerprint density at radius 2 is 0.720 bits per heavy atom. The minimum absolute atomic E-state index is 0.284. The Morgan fingerprint density at radius 1 is 0.378 bits per heavy atom. The van der Waals surface area contributed by atoms with E-state index in [0.717, 1.165) is 123 Å². The molecule has 13 rings (SSSR count). The summed E-state index contributed by atoms with van der Waals surface area (Å²) in [7, 11) is 0. The summed E-state index contributed by atoms with van der Waals surface area (Å²) in [5.74, 6) is 1.44. The Morgan fingerprint density at radius 3 is 1.09 bits per heavy atom. The molecule has 0 fully saturated rings. The van der Waals surface area contributed by atoms with Crippen molar-refractivity contribution in [2.24, 2.45) is 0 Å². The van der Waals surface area contributed by atoms with Crippen LogP contribution in [0.4, 0.5) is 0 Å². The van der Waals surface area contributed by atoms with E-state index in [1.165, 1.54) is 33.4 Å². The molecule has 12 heteroatoms. The van der Waals surface area contributed by atoms with Crippen molar-refractivity contribution in [1.82, 2.24) is 49.9 Å². The fourth-order valence-corrected chi connectivity index (χ4v) is 11.7. The van der Waals surface area contributed by atoms with Crippen molar-refractivity contribution < 1.29 is 9.47 Å². The summed E-state index contributed by atoms with van der Waals surface area (Å²) in [6, 6.07) is 54.7. The Hall–Kier alpha value is -10.2. The van der Waals surface area contributed by atoms with Gasteiger partial charge in [0.05, 0.1) is 48.3 Å². The van der Waals surface area contributed by atoms with Crippen molar-refractivity contribution in [1.29, 1.82) is 0 Å². The Labute approximate surface area is 476 Å². The average Bonchev–Trinajstić information content (AvgIpc) is 4.52. The second-order valence-corrected chi connectivity index (χ2v) is 21.5. The van der Waals surface area contributed by atoms with Gasteiger partial charge in [-0.25, -0.2) is 19.3 Å². The fraction of sp³-hybridized carbons (Fsp3) is 0.143. The van der Waals surface area contributed by atoms with Crippen molar-refractivity contribution in [3.8, 4) is 56.0 Å². The zero-order valence-corrected chi connectivity index (χ0v) is 46.7. The van der Waals surface area contributed by atoms with E-state index in [0.29, 0.717) is 13.1 Å². The standard InChI is InChI=1S/C70H60N10O2/c1-43-33-45(3)65(46(4)34-43)69-61-29-25-57(71-61)67(51-17-21-55(22-18-51)81-41-53-39-79(77-75-53)37-49-13-9-7-10-14-49)59-27-31-63(73-59)70(66-47(5)35-44(2)36-48(66)6)64-32-28-60(74-64)68(58-26-30-62(69)72-58)52-19-23-56(24-20-52)82-42-54-40-80(78-76-54)38-50-15-11-8-12-16-50/h7-36,39-40,71,74H,37-38,41-42H2,1-6H3. The third-order valence-corrected chi connectivity index (χ3v) is 15.2. The van der Waals surface area contributed by atoms with E-state index >= 15 is 0 Å². The fourth-order valence-electron chi connectivity index (χ4n) is 11.7. The summed E-state index contributed by atoms with van der Waals surface area (Å²) in [6.45, 7) is 14.9. The van der Waals surface area contributed by atoms with Crippen LogP contribution in [0.5, 0.6) is 11.5 Å². The largest absolute Gasteiger partial charge is 0.487 e. The molecule has 8 bridgehead atoms. The first-order chi connectivity index (χ1) is 40.0. The van der Waals surface area contributed by atoms with Gasteiger partial charge in [0.25, 0.3) is 0 Å². The van der Waals surface area contributed by atoms with Gasteiger partial charge in [-0.2, -0.15) is 0 Å². The van der Waals surface area contributed by atoms with Crippen molar-refractivity contribution in [2.45, 2.75) is 67.8 Å². The highest BCUT2D eigenvalue weighted by Gasteiger charge is 2.22. The number of benzene rings is 6. The van der Waals surface area contributed by atoms with Crippen LogP contribution < -0.4 is 9.47 Å². The molecule has 12 nitrogen and oxygen atoms in total. The van der Waals surface area contributed by atoms with E-state index in [-0.39, 0.29) is 13.2 Å². The molecule has 11 aromatic rings. The predicted octanol–water partition coefficient (Wildman–Crippen LogP) is 15.6. The second-order valence-electron chi connectivity index (χ2n) is 21.5. The highest BCUT2D eigenvalue weighted by molar-refractivity contribution is 6.01. The van der Waals surface area contributed by atoms with Crippen LogP contribution in [0.25, 0.3) is 90.9 Å². The van der Waals surface area contributed by atoms with Gasteiger partial charge in [-0.1, -0.05) is 131 Å². The molecule has 402 valence electrons. The van der Waals surface area contributed by atoms with Gasteiger partial charge in [-0.05, 0) is 170 Å². The quantitative estimate of drug-likeness (QED) is 0.110. The molecule has 2 aliphatic heterocycles. The lowest BCUT2D eigenvalue weighted by atomic mass is 9.92. The van der Waals surface area contributed by atoms with Crippen LogP contribution in [0.1, 0.15) is 78.7 Å². The summed E-state index contributed by atoms with van der Waals surface area (Å²) in [5, 5.41) is 17.5. The number of ether oxygens (including phenoxy) is 2. The Bertz CT molecular complexity index is 4120. The number of rotatable bonds is 14. The first-order valence-corrected chi connectivity index (χ1v) is 27.7. The summed E-state index contributed by atoms with van der Waals surface area (Å²) in [5.41, 5.74) is 26.1. The van der Waals surface area contributed by atoms with E-state index in [4.69, 9.17) is 19.4 Å². The van der Waals surface area contributed by atoms with E-state index in [1.54, 1.807) is 0 Å². The van der Waals surface area contributed by atoms with Crippen LogP contribution in [0.15, 0.2) is 170 Å². The highest BCUT2D eigenvalue weighted by Crippen LogP contribution is 2.42. The molecule has 0 saturated heterocycles. The summed E-state index contributed by atoms with van der Waals surface area (Å²) < 4.78 is 16.3.